The summed E-state index contributed by atoms with van der Waals surface area (Å²) in [5, 5.41) is 0. The average Bonchev–Trinajstić information content (AvgIpc) is 2.73. The van der Waals surface area contributed by atoms with Gasteiger partial charge in [0.25, 0.3) is 0 Å². The number of carbonyl (C=O) groups excluding carboxylic acids is 1. The lowest BCUT2D eigenvalue weighted by molar-refractivity contribution is -0.129. The largest absolute Gasteiger partial charge is 0.376 e. The number of hydrogen-bond donors (Lipinski definition) is 0. The van der Waals surface area contributed by atoms with Crippen molar-refractivity contribution in [3.63, 3.8) is 0 Å². The number of carbonyl (C=O) groups is 1. The highest BCUT2D eigenvalue weighted by Gasteiger charge is 2.41. The van der Waals surface area contributed by atoms with Gasteiger partial charge in [-0.2, -0.15) is 0 Å². The fourth-order valence-corrected chi connectivity index (χ4v) is 3.06. The number of hydrogen-bond acceptors (Lipinski definition) is 2. The summed E-state index contributed by atoms with van der Waals surface area (Å²) in [6, 6.07) is 10.4. The minimum Gasteiger partial charge on any atom is -0.376 e. The number of rotatable bonds is 5. The lowest BCUT2D eigenvalue weighted by Gasteiger charge is -2.29. The second kappa shape index (κ2) is 6.41. The lowest BCUT2D eigenvalue weighted by atomic mass is 9.86. The average molecular weight is 303 g/mol. The molecule has 0 saturated carbocycles. The molecule has 0 N–H and O–H groups in total. The van der Waals surface area contributed by atoms with Crippen molar-refractivity contribution in [1.29, 1.82) is 0 Å². The maximum absolute atomic E-state index is 12.4. The third-order valence-corrected chi connectivity index (χ3v) is 4.44. The summed E-state index contributed by atoms with van der Waals surface area (Å²) in [5.74, 6) is 0.259. The minimum atomic E-state index is -0.115. The summed E-state index contributed by atoms with van der Waals surface area (Å²) < 4.78 is 5.84. The molecular formula is C19H29NO2. The summed E-state index contributed by atoms with van der Waals surface area (Å²) >= 11 is 0. The first-order valence-electron chi connectivity index (χ1n) is 8.19. The number of benzene rings is 1. The Balaban J connectivity index is 1.98. The number of ether oxygens (including phenoxy) is 1. The zero-order chi connectivity index (χ0) is 16.4. The standard InChI is InChI=1S/C19H29NO2/c1-15(16-9-7-6-8-10-16)20-14-19(5,13-17(20)21)11-12-22-18(2,3)4/h6-10,15H,11-14H2,1-5H3/t15?,19-/m0/s1. The van der Waals surface area contributed by atoms with Crippen LogP contribution in [0.25, 0.3) is 0 Å². The van der Waals surface area contributed by atoms with Crippen molar-refractivity contribution in [2.45, 2.75) is 59.1 Å². The van der Waals surface area contributed by atoms with Crippen molar-refractivity contribution in [3.05, 3.63) is 35.9 Å². The van der Waals surface area contributed by atoms with E-state index in [1.807, 2.05) is 23.1 Å². The van der Waals surface area contributed by atoms with Crippen LogP contribution in [0.2, 0.25) is 0 Å². The van der Waals surface area contributed by atoms with Crippen LogP contribution in [0.5, 0.6) is 0 Å². The second-order valence-electron chi connectivity index (χ2n) is 7.81. The van der Waals surface area contributed by atoms with E-state index >= 15 is 0 Å². The van der Waals surface area contributed by atoms with Crippen molar-refractivity contribution in [3.8, 4) is 0 Å². The van der Waals surface area contributed by atoms with E-state index in [0.717, 1.165) is 13.0 Å². The second-order valence-corrected chi connectivity index (χ2v) is 7.81. The Hall–Kier alpha value is -1.35. The Bertz CT molecular complexity index is 506. The Kier molecular flexibility index (Phi) is 4.96. The first-order chi connectivity index (χ1) is 10.2. The van der Waals surface area contributed by atoms with Gasteiger partial charge in [-0.1, -0.05) is 37.3 Å². The summed E-state index contributed by atoms with van der Waals surface area (Å²) in [7, 11) is 0. The van der Waals surface area contributed by atoms with Crippen molar-refractivity contribution in [2.75, 3.05) is 13.2 Å². The number of amides is 1. The third-order valence-electron chi connectivity index (χ3n) is 4.44. The van der Waals surface area contributed by atoms with Gasteiger partial charge in [0.05, 0.1) is 11.6 Å². The van der Waals surface area contributed by atoms with E-state index in [9.17, 15) is 4.79 Å². The maximum Gasteiger partial charge on any atom is 0.223 e. The monoisotopic (exact) mass is 303 g/mol. The highest BCUT2D eigenvalue weighted by molar-refractivity contribution is 5.79. The van der Waals surface area contributed by atoms with Gasteiger partial charge in [0.1, 0.15) is 0 Å². The Labute approximate surface area is 134 Å². The van der Waals surface area contributed by atoms with Gasteiger partial charge in [0.15, 0.2) is 0 Å². The van der Waals surface area contributed by atoms with Crippen LogP contribution in [0.1, 0.15) is 59.1 Å². The van der Waals surface area contributed by atoms with E-state index in [1.54, 1.807) is 0 Å². The van der Waals surface area contributed by atoms with Gasteiger partial charge in [0, 0.05) is 19.6 Å². The van der Waals surface area contributed by atoms with Gasteiger partial charge >= 0.3 is 0 Å². The number of nitrogens with zero attached hydrogens (tertiary/aromatic N) is 1. The zero-order valence-corrected chi connectivity index (χ0v) is 14.6. The molecular weight excluding hydrogens is 274 g/mol. The summed E-state index contributed by atoms with van der Waals surface area (Å²) in [5.41, 5.74) is 1.10. The molecule has 3 nitrogen and oxygen atoms in total. The van der Waals surface area contributed by atoms with Crippen molar-refractivity contribution >= 4 is 5.91 Å². The van der Waals surface area contributed by atoms with Crippen LogP contribution in [0, 0.1) is 5.41 Å². The molecule has 0 aliphatic carbocycles. The van der Waals surface area contributed by atoms with Crippen LogP contribution in [0.3, 0.4) is 0 Å². The predicted molar refractivity (Wildman–Crippen MR) is 89.6 cm³/mol. The highest BCUT2D eigenvalue weighted by Crippen LogP contribution is 2.38. The molecule has 1 unspecified atom stereocenters. The summed E-state index contributed by atoms with van der Waals surface area (Å²) in [6.45, 7) is 12.0. The van der Waals surface area contributed by atoms with Gasteiger partial charge in [-0.3, -0.25) is 4.79 Å². The lowest BCUT2D eigenvalue weighted by Crippen LogP contribution is -2.31. The minimum absolute atomic E-state index is 0.0192. The molecule has 1 aromatic carbocycles. The molecule has 2 rings (SSSR count). The summed E-state index contributed by atoms with van der Waals surface area (Å²) in [4.78, 5) is 14.5. The summed E-state index contributed by atoms with van der Waals surface area (Å²) in [6.07, 6.45) is 1.55. The molecule has 0 spiro atoms. The molecule has 1 fully saturated rings. The van der Waals surface area contributed by atoms with E-state index in [-0.39, 0.29) is 23.0 Å². The molecule has 1 heterocycles. The Morgan fingerprint density at radius 3 is 2.50 bits per heavy atom. The first kappa shape index (κ1) is 17.0. The van der Waals surface area contributed by atoms with Gasteiger partial charge in [-0.25, -0.2) is 0 Å². The van der Waals surface area contributed by atoms with Crippen LogP contribution >= 0.6 is 0 Å². The molecule has 22 heavy (non-hydrogen) atoms. The van der Waals surface area contributed by atoms with Crippen molar-refractivity contribution < 1.29 is 9.53 Å². The molecule has 1 saturated heterocycles. The normalized spacial score (nSPS) is 23.9. The fraction of sp³-hybridized carbons (Fsp3) is 0.632. The molecule has 1 aromatic rings. The Morgan fingerprint density at radius 2 is 1.91 bits per heavy atom. The molecule has 1 aliphatic heterocycles. The van der Waals surface area contributed by atoms with Crippen LogP contribution in [0.15, 0.2) is 30.3 Å². The Morgan fingerprint density at radius 1 is 1.27 bits per heavy atom. The molecule has 122 valence electrons. The van der Waals surface area contributed by atoms with Gasteiger partial charge < -0.3 is 9.64 Å². The van der Waals surface area contributed by atoms with E-state index in [4.69, 9.17) is 4.74 Å². The van der Waals surface area contributed by atoms with Crippen LogP contribution in [-0.2, 0) is 9.53 Å². The molecule has 0 radical (unpaired) electrons. The van der Waals surface area contributed by atoms with Crippen LogP contribution in [-0.4, -0.2) is 29.6 Å². The molecule has 2 atom stereocenters. The molecule has 1 aliphatic rings. The molecule has 1 amide bonds. The smallest absolute Gasteiger partial charge is 0.223 e. The van der Waals surface area contributed by atoms with Crippen LogP contribution < -0.4 is 0 Å². The fourth-order valence-electron chi connectivity index (χ4n) is 3.06. The topological polar surface area (TPSA) is 29.5 Å². The highest BCUT2D eigenvalue weighted by atomic mass is 16.5. The number of likely N-dealkylation sites (tertiary alicyclic amines) is 1. The first-order valence-corrected chi connectivity index (χ1v) is 8.19. The van der Waals surface area contributed by atoms with Crippen molar-refractivity contribution in [1.82, 2.24) is 4.90 Å². The molecule has 0 bridgehead atoms. The van der Waals surface area contributed by atoms with E-state index in [0.29, 0.717) is 13.0 Å². The van der Waals surface area contributed by atoms with Crippen LogP contribution in [0.4, 0.5) is 0 Å². The van der Waals surface area contributed by atoms with Gasteiger partial charge in [0.2, 0.25) is 5.91 Å². The third kappa shape index (κ3) is 4.33. The van der Waals surface area contributed by atoms with E-state index in [2.05, 4.69) is 46.8 Å². The maximum atomic E-state index is 12.4. The quantitative estimate of drug-likeness (QED) is 0.816. The van der Waals surface area contributed by atoms with E-state index in [1.165, 1.54) is 5.56 Å². The SMILES string of the molecule is CC(c1ccccc1)N1C[C@@](C)(CCOC(C)(C)C)CC1=O. The van der Waals surface area contributed by atoms with Gasteiger partial charge in [-0.05, 0) is 45.1 Å². The zero-order valence-electron chi connectivity index (χ0n) is 14.6. The van der Waals surface area contributed by atoms with Crippen molar-refractivity contribution in [2.24, 2.45) is 5.41 Å². The van der Waals surface area contributed by atoms with Gasteiger partial charge in [-0.15, -0.1) is 0 Å². The predicted octanol–water partition coefficient (Wildman–Crippen LogP) is 4.19. The molecule has 3 heteroatoms. The molecule has 0 aromatic heterocycles. The van der Waals surface area contributed by atoms with E-state index < -0.39 is 0 Å².